The van der Waals surface area contributed by atoms with Crippen LogP contribution in [0.2, 0.25) is 0 Å². The van der Waals surface area contributed by atoms with Crippen molar-refractivity contribution in [2.45, 2.75) is 19.1 Å². The lowest BCUT2D eigenvalue weighted by atomic mass is 9.97. The van der Waals surface area contributed by atoms with E-state index in [4.69, 9.17) is 0 Å². The van der Waals surface area contributed by atoms with Crippen molar-refractivity contribution in [3.8, 4) is 0 Å². The third kappa shape index (κ3) is 2.27. The molecule has 1 saturated heterocycles. The summed E-state index contributed by atoms with van der Waals surface area (Å²) in [4.78, 5) is 6.43. The average Bonchev–Trinajstić information content (AvgIpc) is 2.16. The van der Waals surface area contributed by atoms with Gasteiger partial charge in [-0.1, -0.05) is 6.07 Å². The van der Waals surface area contributed by atoms with E-state index in [0.29, 0.717) is 13.1 Å². The molecule has 2 heterocycles. The summed E-state index contributed by atoms with van der Waals surface area (Å²) in [6.45, 7) is 4.03. The van der Waals surface area contributed by atoms with Crippen molar-refractivity contribution in [1.29, 1.82) is 0 Å². The molecule has 15 heavy (non-hydrogen) atoms. The average molecular weight is 207 g/mol. The molecule has 0 amide bonds. The molecule has 2 N–H and O–H groups in total. The zero-order valence-corrected chi connectivity index (χ0v) is 9.20. The predicted molar refractivity (Wildman–Crippen MR) is 59.8 cm³/mol. The van der Waals surface area contributed by atoms with Crippen molar-refractivity contribution in [3.05, 3.63) is 23.9 Å². The van der Waals surface area contributed by atoms with Gasteiger partial charge in [0.2, 0.25) is 0 Å². The zero-order valence-electron chi connectivity index (χ0n) is 9.20. The van der Waals surface area contributed by atoms with Crippen LogP contribution in [0.1, 0.15) is 12.5 Å². The first kappa shape index (κ1) is 10.4. The second-order valence-electron chi connectivity index (χ2n) is 4.41. The Labute approximate surface area is 89.9 Å². The van der Waals surface area contributed by atoms with Crippen molar-refractivity contribution in [1.82, 2.24) is 10.3 Å². The molecule has 0 bridgehead atoms. The maximum absolute atomic E-state index is 9.60. The minimum atomic E-state index is -0.536. The molecule has 1 aromatic rings. The number of β-amino-alcohol motifs (C(OH)–C–C–N with tert-alkyl or cyclic N) is 1. The van der Waals surface area contributed by atoms with Gasteiger partial charge in [-0.05, 0) is 25.6 Å². The Bertz CT molecular complexity index is 326. The lowest BCUT2D eigenvalue weighted by Crippen LogP contribution is -2.60. The Morgan fingerprint density at radius 2 is 2.27 bits per heavy atom. The molecule has 1 aliphatic rings. The van der Waals surface area contributed by atoms with Crippen molar-refractivity contribution in [3.63, 3.8) is 0 Å². The molecular formula is C11H17N3O. The fourth-order valence-electron chi connectivity index (χ4n) is 1.85. The molecule has 4 heteroatoms. The van der Waals surface area contributed by atoms with Crippen molar-refractivity contribution in [2.24, 2.45) is 0 Å². The van der Waals surface area contributed by atoms with Crippen LogP contribution in [0.4, 0.5) is 5.82 Å². The van der Waals surface area contributed by atoms with Crippen LogP contribution in [0.5, 0.6) is 0 Å². The van der Waals surface area contributed by atoms with E-state index in [2.05, 4.69) is 21.3 Å². The summed E-state index contributed by atoms with van der Waals surface area (Å²) in [5, 5.41) is 12.7. The standard InChI is InChI=1S/C11H17N3O/c1-11(15)7-14(8-11)10-4-3-9(5-12-2)6-13-10/h3-4,6,12,15H,5,7-8H2,1-2H3. The van der Waals surface area contributed by atoms with Gasteiger partial charge >= 0.3 is 0 Å². The van der Waals surface area contributed by atoms with Gasteiger partial charge in [0.1, 0.15) is 5.82 Å². The van der Waals surface area contributed by atoms with Crippen LogP contribution in [0.3, 0.4) is 0 Å². The SMILES string of the molecule is CNCc1ccc(N2CC(C)(O)C2)nc1. The molecule has 0 atom stereocenters. The van der Waals surface area contributed by atoms with Crippen molar-refractivity contribution in [2.75, 3.05) is 25.0 Å². The number of nitrogens with zero attached hydrogens (tertiary/aromatic N) is 2. The molecule has 82 valence electrons. The Hall–Kier alpha value is -1.13. The quantitative estimate of drug-likeness (QED) is 0.752. The summed E-state index contributed by atoms with van der Waals surface area (Å²) < 4.78 is 0. The molecule has 1 fully saturated rings. The monoisotopic (exact) mass is 207 g/mol. The van der Waals surface area contributed by atoms with E-state index < -0.39 is 5.60 Å². The van der Waals surface area contributed by atoms with E-state index in [1.165, 1.54) is 5.56 Å². The molecule has 1 aromatic heterocycles. The van der Waals surface area contributed by atoms with Crippen LogP contribution in [-0.2, 0) is 6.54 Å². The maximum Gasteiger partial charge on any atom is 0.128 e. The van der Waals surface area contributed by atoms with E-state index >= 15 is 0 Å². The van der Waals surface area contributed by atoms with Crippen LogP contribution in [0, 0.1) is 0 Å². The van der Waals surface area contributed by atoms with Crippen LogP contribution in [0.25, 0.3) is 0 Å². The summed E-state index contributed by atoms with van der Waals surface area (Å²) in [7, 11) is 1.92. The Morgan fingerprint density at radius 3 is 2.73 bits per heavy atom. The molecule has 1 aliphatic heterocycles. The van der Waals surface area contributed by atoms with Gasteiger partial charge in [-0.3, -0.25) is 0 Å². The fourth-order valence-corrected chi connectivity index (χ4v) is 1.85. The third-order valence-corrected chi connectivity index (χ3v) is 2.58. The summed E-state index contributed by atoms with van der Waals surface area (Å²) in [6.07, 6.45) is 1.87. The predicted octanol–water partition coefficient (Wildman–Crippen LogP) is 0.372. The molecule has 0 radical (unpaired) electrons. The zero-order chi connectivity index (χ0) is 10.9. The highest BCUT2D eigenvalue weighted by Crippen LogP contribution is 2.25. The van der Waals surface area contributed by atoms with E-state index in [1.54, 1.807) is 0 Å². The van der Waals surface area contributed by atoms with E-state index in [9.17, 15) is 5.11 Å². The highest BCUT2D eigenvalue weighted by molar-refractivity contribution is 5.44. The number of anilines is 1. The van der Waals surface area contributed by atoms with E-state index in [1.807, 2.05) is 26.2 Å². The summed E-state index contributed by atoms with van der Waals surface area (Å²) in [6, 6.07) is 4.06. The number of aliphatic hydroxyl groups is 1. The Morgan fingerprint density at radius 1 is 1.53 bits per heavy atom. The highest BCUT2D eigenvalue weighted by atomic mass is 16.3. The fraction of sp³-hybridized carbons (Fsp3) is 0.545. The smallest absolute Gasteiger partial charge is 0.128 e. The number of rotatable bonds is 3. The molecule has 0 saturated carbocycles. The van der Waals surface area contributed by atoms with Gasteiger partial charge in [0.05, 0.1) is 5.60 Å². The Balaban J connectivity index is 1.99. The number of aromatic nitrogens is 1. The third-order valence-electron chi connectivity index (χ3n) is 2.58. The molecule has 0 aliphatic carbocycles. The summed E-state index contributed by atoms with van der Waals surface area (Å²) in [5.74, 6) is 0.946. The van der Waals surface area contributed by atoms with Gasteiger partial charge in [0.25, 0.3) is 0 Å². The van der Waals surface area contributed by atoms with Crippen molar-refractivity contribution < 1.29 is 5.11 Å². The lowest BCUT2D eigenvalue weighted by Gasteiger charge is -2.44. The number of pyridine rings is 1. The molecule has 2 rings (SSSR count). The Kier molecular flexibility index (Phi) is 2.63. The second kappa shape index (κ2) is 3.79. The van der Waals surface area contributed by atoms with Crippen LogP contribution in [-0.4, -0.2) is 35.8 Å². The van der Waals surface area contributed by atoms with Crippen LogP contribution < -0.4 is 10.2 Å². The first-order valence-electron chi connectivity index (χ1n) is 5.18. The minimum Gasteiger partial charge on any atom is -0.386 e. The van der Waals surface area contributed by atoms with Gasteiger partial charge in [0, 0.05) is 25.8 Å². The van der Waals surface area contributed by atoms with Gasteiger partial charge in [-0.2, -0.15) is 0 Å². The van der Waals surface area contributed by atoms with Gasteiger partial charge in [-0.25, -0.2) is 4.98 Å². The largest absolute Gasteiger partial charge is 0.386 e. The molecule has 4 nitrogen and oxygen atoms in total. The van der Waals surface area contributed by atoms with E-state index in [0.717, 1.165) is 12.4 Å². The van der Waals surface area contributed by atoms with E-state index in [-0.39, 0.29) is 0 Å². The summed E-state index contributed by atoms with van der Waals surface area (Å²) in [5.41, 5.74) is 0.638. The topological polar surface area (TPSA) is 48.4 Å². The summed E-state index contributed by atoms with van der Waals surface area (Å²) >= 11 is 0. The number of hydrogen-bond acceptors (Lipinski definition) is 4. The second-order valence-corrected chi connectivity index (χ2v) is 4.41. The van der Waals surface area contributed by atoms with Crippen molar-refractivity contribution >= 4 is 5.82 Å². The normalized spacial score (nSPS) is 18.7. The lowest BCUT2D eigenvalue weighted by molar-refractivity contribution is 0.0305. The van der Waals surface area contributed by atoms with Gasteiger partial charge in [-0.15, -0.1) is 0 Å². The minimum absolute atomic E-state index is 0.536. The first-order chi connectivity index (χ1) is 7.11. The van der Waals surface area contributed by atoms with Crippen LogP contribution >= 0.6 is 0 Å². The highest BCUT2D eigenvalue weighted by Gasteiger charge is 2.37. The molecule has 0 unspecified atom stereocenters. The number of hydrogen-bond donors (Lipinski definition) is 2. The van der Waals surface area contributed by atoms with Crippen LogP contribution in [0.15, 0.2) is 18.3 Å². The maximum atomic E-state index is 9.60. The first-order valence-corrected chi connectivity index (χ1v) is 5.18. The van der Waals surface area contributed by atoms with Gasteiger partial charge < -0.3 is 15.3 Å². The number of nitrogens with one attached hydrogen (secondary N) is 1. The van der Waals surface area contributed by atoms with Gasteiger partial charge in [0.15, 0.2) is 0 Å². The molecule has 0 aromatic carbocycles. The molecule has 0 spiro atoms. The molecular weight excluding hydrogens is 190 g/mol.